The van der Waals surface area contributed by atoms with Gasteiger partial charge in [-0.2, -0.15) is 0 Å². The van der Waals surface area contributed by atoms with Gasteiger partial charge in [0.15, 0.2) is 11.5 Å². The fraction of sp³-hybridized carbons (Fsp3) is 0.524. The van der Waals surface area contributed by atoms with Crippen LogP contribution in [0.5, 0.6) is 0 Å². The van der Waals surface area contributed by atoms with E-state index in [2.05, 4.69) is 22.0 Å². The molecule has 0 saturated carbocycles. The molecule has 7 heteroatoms. The molecule has 2 aliphatic rings. The molecule has 0 spiro atoms. The van der Waals surface area contributed by atoms with Crippen LogP contribution in [0.4, 0.5) is 5.82 Å². The predicted molar refractivity (Wildman–Crippen MR) is 108 cm³/mol. The van der Waals surface area contributed by atoms with Crippen molar-refractivity contribution >= 4 is 28.4 Å². The Morgan fingerprint density at radius 2 is 1.61 bits per heavy atom. The van der Waals surface area contributed by atoms with Gasteiger partial charge in [-0.1, -0.05) is 24.3 Å². The normalized spacial score (nSPS) is 20.5. The lowest BCUT2D eigenvalue weighted by Crippen LogP contribution is -2.50. The van der Waals surface area contributed by atoms with Crippen LogP contribution in [-0.4, -0.2) is 70.6 Å². The standard InChI is InChI=1S/C21H27N5O2/c1-15-7-5-6-10-26(15)20-18-9-4-3-8-17(18)19(22-23-20)21(28)25-13-11-24(12-14-25)16(2)27/h3-4,8-9,15H,5-7,10-14H2,1-2H3. The van der Waals surface area contributed by atoms with Crippen molar-refractivity contribution in [3.8, 4) is 0 Å². The van der Waals surface area contributed by atoms with Gasteiger partial charge in [-0.3, -0.25) is 9.59 Å². The zero-order chi connectivity index (χ0) is 19.7. The van der Waals surface area contributed by atoms with E-state index in [-0.39, 0.29) is 11.8 Å². The molecule has 2 fully saturated rings. The monoisotopic (exact) mass is 381 g/mol. The Balaban J connectivity index is 1.65. The summed E-state index contributed by atoms with van der Waals surface area (Å²) in [6.07, 6.45) is 3.55. The molecule has 3 heterocycles. The largest absolute Gasteiger partial charge is 0.352 e. The second-order valence-corrected chi connectivity index (χ2v) is 7.75. The predicted octanol–water partition coefficient (Wildman–Crippen LogP) is 2.31. The van der Waals surface area contributed by atoms with Crippen molar-refractivity contribution in [2.45, 2.75) is 39.2 Å². The third-order valence-electron chi connectivity index (χ3n) is 5.96. The van der Waals surface area contributed by atoms with Crippen LogP contribution in [0, 0.1) is 0 Å². The summed E-state index contributed by atoms with van der Waals surface area (Å²) in [7, 11) is 0. The summed E-state index contributed by atoms with van der Waals surface area (Å²) >= 11 is 0. The first-order valence-corrected chi connectivity index (χ1v) is 10.1. The molecule has 1 unspecified atom stereocenters. The number of piperazine rings is 1. The molecule has 1 aromatic heterocycles. The summed E-state index contributed by atoms with van der Waals surface area (Å²) in [6.45, 7) is 6.95. The van der Waals surface area contributed by atoms with Crippen LogP contribution < -0.4 is 4.90 Å². The zero-order valence-electron chi connectivity index (χ0n) is 16.6. The third-order valence-corrected chi connectivity index (χ3v) is 5.96. The Morgan fingerprint density at radius 1 is 0.929 bits per heavy atom. The fourth-order valence-electron chi connectivity index (χ4n) is 4.25. The average molecular weight is 381 g/mol. The topological polar surface area (TPSA) is 69.6 Å². The van der Waals surface area contributed by atoms with Crippen LogP contribution in [-0.2, 0) is 4.79 Å². The van der Waals surface area contributed by atoms with Crippen molar-refractivity contribution in [1.29, 1.82) is 0 Å². The van der Waals surface area contributed by atoms with Crippen molar-refractivity contribution in [1.82, 2.24) is 20.0 Å². The molecular formula is C21H27N5O2. The molecule has 4 rings (SSSR count). The number of benzene rings is 1. The number of carbonyl (C=O) groups excluding carboxylic acids is 2. The number of hydrogen-bond acceptors (Lipinski definition) is 5. The summed E-state index contributed by atoms with van der Waals surface area (Å²) in [4.78, 5) is 30.5. The van der Waals surface area contributed by atoms with Crippen LogP contribution in [0.25, 0.3) is 10.8 Å². The smallest absolute Gasteiger partial charge is 0.275 e. The van der Waals surface area contributed by atoms with E-state index in [9.17, 15) is 9.59 Å². The molecule has 2 amide bonds. The van der Waals surface area contributed by atoms with E-state index in [1.54, 1.807) is 16.7 Å². The number of hydrogen-bond donors (Lipinski definition) is 0. The highest BCUT2D eigenvalue weighted by Gasteiger charge is 2.28. The quantitative estimate of drug-likeness (QED) is 0.798. The first-order chi connectivity index (χ1) is 13.6. The minimum absolute atomic E-state index is 0.0531. The number of carbonyl (C=O) groups is 2. The molecule has 2 saturated heterocycles. The van der Waals surface area contributed by atoms with Crippen LogP contribution in [0.1, 0.15) is 43.6 Å². The van der Waals surface area contributed by atoms with E-state index in [0.29, 0.717) is 37.9 Å². The highest BCUT2D eigenvalue weighted by molar-refractivity contribution is 6.07. The zero-order valence-corrected chi connectivity index (χ0v) is 16.6. The highest BCUT2D eigenvalue weighted by atomic mass is 16.2. The second-order valence-electron chi connectivity index (χ2n) is 7.75. The number of fused-ring (bicyclic) bond motifs is 1. The molecule has 0 radical (unpaired) electrons. The third kappa shape index (κ3) is 3.41. The highest BCUT2D eigenvalue weighted by Crippen LogP contribution is 2.30. The van der Waals surface area contributed by atoms with Crippen molar-refractivity contribution in [2.24, 2.45) is 0 Å². The van der Waals surface area contributed by atoms with E-state index >= 15 is 0 Å². The van der Waals surface area contributed by atoms with E-state index in [1.165, 1.54) is 6.42 Å². The van der Waals surface area contributed by atoms with Gasteiger partial charge in [0.25, 0.3) is 5.91 Å². The SMILES string of the molecule is CC(=O)N1CCN(C(=O)c2nnc(N3CCCCC3C)c3ccccc23)CC1. The van der Waals surface area contributed by atoms with Crippen molar-refractivity contribution in [3.05, 3.63) is 30.0 Å². The lowest BCUT2D eigenvalue weighted by Gasteiger charge is -2.35. The van der Waals surface area contributed by atoms with Gasteiger partial charge in [0.1, 0.15) is 0 Å². The fourth-order valence-corrected chi connectivity index (χ4v) is 4.25. The van der Waals surface area contributed by atoms with Crippen LogP contribution in [0.2, 0.25) is 0 Å². The summed E-state index contributed by atoms with van der Waals surface area (Å²) in [5.74, 6) is 0.822. The molecule has 28 heavy (non-hydrogen) atoms. The van der Waals surface area contributed by atoms with E-state index in [4.69, 9.17) is 0 Å². The summed E-state index contributed by atoms with van der Waals surface area (Å²) in [5, 5.41) is 10.7. The van der Waals surface area contributed by atoms with Gasteiger partial charge in [-0.25, -0.2) is 0 Å². The van der Waals surface area contributed by atoms with Crippen LogP contribution in [0.15, 0.2) is 24.3 Å². The molecule has 0 aliphatic carbocycles. The van der Waals surface area contributed by atoms with Crippen molar-refractivity contribution in [3.63, 3.8) is 0 Å². The Bertz CT molecular complexity index is 891. The molecule has 0 N–H and O–H groups in total. The maximum Gasteiger partial charge on any atom is 0.275 e. The molecule has 1 aromatic carbocycles. The minimum Gasteiger partial charge on any atom is -0.352 e. The summed E-state index contributed by atoms with van der Waals surface area (Å²) in [6, 6.07) is 8.35. The van der Waals surface area contributed by atoms with Crippen LogP contribution in [0.3, 0.4) is 0 Å². The molecule has 0 bridgehead atoms. The lowest BCUT2D eigenvalue weighted by atomic mass is 10.0. The van der Waals surface area contributed by atoms with E-state index in [1.807, 2.05) is 24.3 Å². The molecule has 148 valence electrons. The van der Waals surface area contributed by atoms with E-state index < -0.39 is 0 Å². The van der Waals surface area contributed by atoms with Gasteiger partial charge in [0.05, 0.1) is 0 Å². The number of amides is 2. The summed E-state index contributed by atoms with van der Waals surface area (Å²) < 4.78 is 0. The summed E-state index contributed by atoms with van der Waals surface area (Å²) in [5.41, 5.74) is 0.403. The molecule has 7 nitrogen and oxygen atoms in total. The maximum atomic E-state index is 13.1. The Kier molecular flexibility index (Phi) is 5.15. The minimum atomic E-state index is -0.106. The Morgan fingerprint density at radius 3 is 2.29 bits per heavy atom. The molecular weight excluding hydrogens is 354 g/mol. The number of piperidine rings is 1. The van der Waals surface area contributed by atoms with Gasteiger partial charge in [-0.15, -0.1) is 10.2 Å². The van der Waals surface area contributed by atoms with E-state index in [0.717, 1.165) is 36.0 Å². The second kappa shape index (κ2) is 7.73. The molecule has 1 atom stereocenters. The molecule has 2 aromatic rings. The van der Waals surface area contributed by atoms with Gasteiger partial charge >= 0.3 is 0 Å². The average Bonchev–Trinajstić information content (AvgIpc) is 2.73. The van der Waals surface area contributed by atoms with Gasteiger partial charge < -0.3 is 14.7 Å². The first kappa shape index (κ1) is 18.7. The number of rotatable bonds is 2. The van der Waals surface area contributed by atoms with Gasteiger partial charge in [0.2, 0.25) is 5.91 Å². The Hall–Kier alpha value is -2.70. The van der Waals surface area contributed by atoms with Gasteiger partial charge in [0, 0.05) is 56.5 Å². The number of aromatic nitrogens is 2. The Labute approximate surface area is 165 Å². The van der Waals surface area contributed by atoms with Crippen molar-refractivity contribution < 1.29 is 9.59 Å². The maximum absolute atomic E-state index is 13.1. The van der Waals surface area contributed by atoms with Gasteiger partial charge in [-0.05, 0) is 26.2 Å². The lowest BCUT2D eigenvalue weighted by molar-refractivity contribution is -0.130. The number of anilines is 1. The van der Waals surface area contributed by atoms with Crippen LogP contribution >= 0.6 is 0 Å². The molecule has 2 aliphatic heterocycles. The van der Waals surface area contributed by atoms with Crippen molar-refractivity contribution in [2.75, 3.05) is 37.6 Å². The number of nitrogens with zero attached hydrogens (tertiary/aromatic N) is 5. The first-order valence-electron chi connectivity index (χ1n) is 10.1.